The predicted octanol–water partition coefficient (Wildman–Crippen LogP) is 3.03. The Kier molecular flexibility index (Phi) is 8.30. The molecule has 4 aliphatic carbocycles. The number of rotatable bonds is 11. The summed E-state index contributed by atoms with van der Waals surface area (Å²) in [6, 6.07) is 6.68. The molecule has 2 atom stereocenters. The van der Waals surface area contributed by atoms with E-state index in [0.29, 0.717) is 11.8 Å². The van der Waals surface area contributed by atoms with E-state index in [9.17, 15) is 19.2 Å². The molecular formula is C29H38N4O6S. The number of carboxylic acids is 1. The number of ether oxygens (including phenoxy) is 1. The van der Waals surface area contributed by atoms with E-state index in [4.69, 9.17) is 9.84 Å². The monoisotopic (exact) mass is 570 g/mol. The number of hydrogen-bond acceptors (Lipinski definition) is 6. The van der Waals surface area contributed by atoms with Gasteiger partial charge in [0.1, 0.15) is 17.7 Å². The number of benzene rings is 1. The lowest BCUT2D eigenvalue weighted by molar-refractivity contribution is -0.137. The minimum Gasteiger partial charge on any atom is -0.481 e. The molecule has 1 aromatic heterocycles. The Morgan fingerprint density at radius 2 is 1.77 bits per heavy atom. The van der Waals surface area contributed by atoms with Crippen LogP contribution in [0, 0.1) is 23.7 Å². The van der Waals surface area contributed by atoms with E-state index in [1.807, 2.05) is 30.5 Å². The molecule has 10 nitrogen and oxygen atoms in total. The van der Waals surface area contributed by atoms with Crippen LogP contribution >= 0.6 is 12.6 Å². The van der Waals surface area contributed by atoms with Gasteiger partial charge in [0, 0.05) is 35.8 Å². The molecule has 1 aromatic carbocycles. The fourth-order valence-corrected chi connectivity index (χ4v) is 7.47. The lowest BCUT2D eigenvalue weighted by Crippen LogP contribution is -2.62. The zero-order chi connectivity index (χ0) is 28.4. The summed E-state index contributed by atoms with van der Waals surface area (Å²) in [6.07, 6.45) is 6.63. The molecule has 3 amide bonds. The van der Waals surface area contributed by atoms with Crippen molar-refractivity contribution in [2.75, 3.05) is 12.3 Å². The SMILES string of the molecule is C[C@](Cc1c[nH]c2ccccc12)(NC(=O)OC1C2CC3CC(C2)CC1C3)C(=O)N[C@H](CS)C(=O)NCCC(=O)O. The summed E-state index contributed by atoms with van der Waals surface area (Å²) in [6.45, 7) is 1.55. The number of hydrogen-bond donors (Lipinski definition) is 6. The second-order valence-electron chi connectivity index (χ2n) is 11.9. The molecule has 4 aliphatic rings. The van der Waals surface area contributed by atoms with Gasteiger partial charge in [-0.15, -0.1) is 0 Å². The number of carbonyl (C=O) groups excluding carboxylic acids is 3. The molecule has 40 heavy (non-hydrogen) atoms. The van der Waals surface area contributed by atoms with E-state index < -0.39 is 35.5 Å². The Hall–Kier alpha value is -3.21. The highest BCUT2D eigenvalue weighted by molar-refractivity contribution is 7.80. The third kappa shape index (κ3) is 6.09. The Bertz CT molecular complexity index is 1250. The zero-order valence-corrected chi connectivity index (χ0v) is 23.5. The lowest BCUT2D eigenvalue weighted by atomic mass is 9.55. The predicted molar refractivity (Wildman–Crippen MR) is 152 cm³/mol. The number of para-hydroxylation sites is 1. The van der Waals surface area contributed by atoms with Crippen molar-refractivity contribution in [1.29, 1.82) is 0 Å². The van der Waals surface area contributed by atoms with Crippen LogP contribution in [0.15, 0.2) is 30.5 Å². The van der Waals surface area contributed by atoms with Crippen molar-refractivity contribution in [3.05, 3.63) is 36.0 Å². The highest BCUT2D eigenvalue weighted by Crippen LogP contribution is 2.54. The normalized spacial score (nSPS) is 27.0. The number of amides is 3. The van der Waals surface area contributed by atoms with Crippen LogP contribution in [0.1, 0.15) is 51.0 Å². The summed E-state index contributed by atoms with van der Waals surface area (Å²) < 4.78 is 6.05. The van der Waals surface area contributed by atoms with Gasteiger partial charge in [-0.1, -0.05) is 18.2 Å². The molecule has 11 heteroatoms. The van der Waals surface area contributed by atoms with Gasteiger partial charge >= 0.3 is 12.1 Å². The summed E-state index contributed by atoms with van der Waals surface area (Å²) in [5, 5.41) is 17.9. The van der Waals surface area contributed by atoms with E-state index in [1.165, 1.54) is 6.42 Å². The van der Waals surface area contributed by atoms with Gasteiger partial charge in [-0.25, -0.2) is 4.79 Å². The number of thiol groups is 1. The first-order valence-corrected chi connectivity index (χ1v) is 14.7. The van der Waals surface area contributed by atoms with Crippen LogP contribution in [0.4, 0.5) is 4.79 Å². The van der Waals surface area contributed by atoms with E-state index in [1.54, 1.807) is 6.92 Å². The number of aromatic amines is 1. The van der Waals surface area contributed by atoms with Crippen molar-refractivity contribution >= 4 is 47.4 Å². The Morgan fingerprint density at radius 1 is 1.10 bits per heavy atom. The number of carboxylic acid groups (broad SMARTS) is 1. The van der Waals surface area contributed by atoms with Crippen molar-refractivity contribution in [1.82, 2.24) is 20.9 Å². The van der Waals surface area contributed by atoms with Gasteiger partial charge < -0.3 is 30.8 Å². The van der Waals surface area contributed by atoms with E-state index in [-0.39, 0.29) is 31.2 Å². The molecule has 4 saturated carbocycles. The van der Waals surface area contributed by atoms with Crippen molar-refractivity contribution < 1.29 is 29.0 Å². The van der Waals surface area contributed by atoms with Gasteiger partial charge in [0.15, 0.2) is 0 Å². The first kappa shape index (κ1) is 28.3. The van der Waals surface area contributed by atoms with Gasteiger partial charge in [-0.2, -0.15) is 12.6 Å². The van der Waals surface area contributed by atoms with Crippen molar-refractivity contribution in [2.24, 2.45) is 23.7 Å². The lowest BCUT2D eigenvalue weighted by Gasteiger charge is -2.53. The first-order valence-electron chi connectivity index (χ1n) is 14.1. The van der Waals surface area contributed by atoms with E-state index in [2.05, 4.69) is 33.6 Å². The Balaban J connectivity index is 1.32. The molecule has 5 N–H and O–H groups in total. The summed E-state index contributed by atoms with van der Waals surface area (Å²) in [4.78, 5) is 53.8. The molecule has 0 spiro atoms. The number of nitrogens with one attached hydrogen (secondary N) is 4. The summed E-state index contributed by atoms with van der Waals surface area (Å²) in [5.41, 5.74) is 0.287. The molecule has 4 fully saturated rings. The van der Waals surface area contributed by atoms with Gasteiger partial charge in [0.05, 0.1) is 6.42 Å². The summed E-state index contributed by atoms with van der Waals surface area (Å²) >= 11 is 4.22. The van der Waals surface area contributed by atoms with Crippen LogP contribution in [-0.4, -0.2) is 63.9 Å². The second kappa shape index (κ2) is 11.7. The molecule has 6 rings (SSSR count). The maximum absolute atomic E-state index is 13.8. The number of H-pyrrole nitrogens is 1. The largest absolute Gasteiger partial charge is 0.481 e. The van der Waals surface area contributed by atoms with Gasteiger partial charge in [-0.3, -0.25) is 14.4 Å². The van der Waals surface area contributed by atoms with Gasteiger partial charge in [-0.05, 0) is 74.3 Å². The Labute approximate surface area is 238 Å². The van der Waals surface area contributed by atoms with Crippen molar-refractivity contribution in [3.63, 3.8) is 0 Å². The number of carbonyl (C=O) groups is 4. The van der Waals surface area contributed by atoms with E-state index in [0.717, 1.165) is 54.0 Å². The minimum absolute atomic E-state index is 0.00791. The molecule has 4 bridgehead atoms. The summed E-state index contributed by atoms with van der Waals surface area (Å²) in [7, 11) is 0. The Morgan fingerprint density at radius 3 is 2.42 bits per heavy atom. The topological polar surface area (TPSA) is 150 Å². The highest BCUT2D eigenvalue weighted by atomic mass is 32.1. The molecule has 0 unspecified atom stereocenters. The molecule has 1 heterocycles. The molecule has 0 radical (unpaired) electrons. The van der Waals surface area contributed by atoms with Gasteiger partial charge in [0.25, 0.3) is 0 Å². The molecule has 0 aliphatic heterocycles. The molecule has 2 aromatic rings. The molecular weight excluding hydrogens is 532 g/mol. The zero-order valence-electron chi connectivity index (χ0n) is 22.7. The average Bonchev–Trinajstić information content (AvgIpc) is 3.30. The van der Waals surface area contributed by atoms with Crippen LogP contribution in [0.25, 0.3) is 10.9 Å². The van der Waals surface area contributed by atoms with Crippen LogP contribution in [0.3, 0.4) is 0 Å². The number of aromatic nitrogens is 1. The van der Waals surface area contributed by atoms with Crippen LogP contribution in [-0.2, 0) is 25.5 Å². The van der Waals surface area contributed by atoms with Crippen LogP contribution in [0.5, 0.6) is 0 Å². The number of alkyl carbamates (subject to hydrolysis) is 1. The molecule has 0 saturated heterocycles. The highest BCUT2D eigenvalue weighted by Gasteiger charge is 2.50. The standard InChI is InChI=1S/C29H38N4O6S/c1-29(13-20-14-31-22-5-3-2-4-21(20)22,27(37)32-23(15-40)26(36)30-7-6-24(34)35)33-28(38)39-25-18-9-16-8-17(11-18)12-19(25)10-16/h2-5,14,16-19,23,25,31,40H,6-13,15H2,1H3,(H,30,36)(H,32,37)(H,33,38)(H,34,35)/t16?,17?,18?,19?,23-,25?,29-/m1/s1. The number of fused-ring (bicyclic) bond motifs is 1. The first-order chi connectivity index (χ1) is 19.1. The van der Waals surface area contributed by atoms with Gasteiger partial charge in [0.2, 0.25) is 11.8 Å². The van der Waals surface area contributed by atoms with Crippen LogP contribution < -0.4 is 16.0 Å². The maximum atomic E-state index is 13.8. The third-order valence-corrected chi connectivity index (χ3v) is 9.29. The molecule has 216 valence electrons. The minimum atomic E-state index is -1.45. The number of aliphatic carboxylic acids is 1. The quantitative estimate of drug-likeness (QED) is 0.229. The maximum Gasteiger partial charge on any atom is 0.408 e. The van der Waals surface area contributed by atoms with Crippen molar-refractivity contribution in [2.45, 2.75) is 69.6 Å². The van der Waals surface area contributed by atoms with E-state index >= 15 is 0 Å². The average molecular weight is 571 g/mol. The second-order valence-corrected chi connectivity index (χ2v) is 12.3. The fraction of sp³-hybridized carbons (Fsp3) is 0.586. The third-order valence-electron chi connectivity index (χ3n) is 8.92. The summed E-state index contributed by atoms with van der Waals surface area (Å²) in [5.74, 6) is 0.0672. The van der Waals surface area contributed by atoms with Crippen molar-refractivity contribution in [3.8, 4) is 0 Å². The fourth-order valence-electron chi connectivity index (χ4n) is 7.21. The smallest absolute Gasteiger partial charge is 0.408 e. The van der Waals surface area contributed by atoms with Crippen LogP contribution in [0.2, 0.25) is 0 Å².